The predicted molar refractivity (Wildman–Crippen MR) is 72.6 cm³/mol. The molecule has 0 unspecified atom stereocenters. The maximum atomic E-state index is 11.7. The highest BCUT2D eigenvalue weighted by atomic mass is 16.3. The molecule has 0 atom stereocenters. The Kier molecular flexibility index (Phi) is 5.63. The largest absolute Gasteiger partial charge is 0.394 e. The van der Waals surface area contributed by atoms with Gasteiger partial charge in [-0.25, -0.2) is 4.79 Å². The molecule has 20 heavy (non-hydrogen) atoms. The van der Waals surface area contributed by atoms with E-state index in [9.17, 15) is 9.59 Å². The van der Waals surface area contributed by atoms with Gasteiger partial charge in [0.15, 0.2) is 5.78 Å². The molecule has 0 radical (unpaired) electrons. The van der Waals surface area contributed by atoms with Gasteiger partial charge in [0.25, 0.3) is 0 Å². The van der Waals surface area contributed by atoms with E-state index in [0.29, 0.717) is 11.3 Å². The maximum Gasteiger partial charge on any atom is 0.319 e. The van der Waals surface area contributed by atoms with Crippen molar-refractivity contribution >= 4 is 17.5 Å². The fourth-order valence-corrected chi connectivity index (χ4v) is 1.46. The van der Waals surface area contributed by atoms with E-state index in [2.05, 4.69) is 10.6 Å². The zero-order chi connectivity index (χ0) is 15.2. The van der Waals surface area contributed by atoms with Crippen LogP contribution in [0.2, 0.25) is 0 Å². The van der Waals surface area contributed by atoms with Gasteiger partial charge in [-0.05, 0) is 31.2 Å². The van der Waals surface area contributed by atoms with Gasteiger partial charge in [-0.2, -0.15) is 0 Å². The summed E-state index contributed by atoms with van der Waals surface area (Å²) in [5.74, 6) is -0.0825. The number of Topliss-reactive ketones (excluding diaryl/α,β-unsaturated/α-hetero) is 1. The summed E-state index contributed by atoms with van der Waals surface area (Å²) < 4.78 is 0. The molecular weight excluding hydrogens is 264 g/mol. The standard InChI is InChI=1S/C13H18N2O5/c1-9(19)10-2-4-11(5-3-10)14-12(20)15-13(6-16,7-17)8-18/h2-5,16-18H,6-8H2,1H3,(H2,14,15,20). The van der Waals surface area contributed by atoms with Crippen LogP contribution in [0, 0.1) is 0 Å². The number of aliphatic hydroxyl groups excluding tert-OH is 3. The van der Waals surface area contributed by atoms with Crippen molar-refractivity contribution in [2.24, 2.45) is 0 Å². The summed E-state index contributed by atoms with van der Waals surface area (Å²) in [5.41, 5.74) is -0.523. The molecule has 2 amide bonds. The minimum Gasteiger partial charge on any atom is -0.394 e. The summed E-state index contributed by atoms with van der Waals surface area (Å²) in [6.45, 7) is -0.364. The lowest BCUT2D eigenvalue weighted by Gasteiger charge is -2.28. The number of aliphatic hydroxyl groups is 3. The third-order valence-electron chi connectivity index (χ3n) is 2.84. The van der Waals surface area contributed by atoms with Gasteiger partial charge in [0.2, 0.25) is 0 Å². The van der Waals surface area contributed by atoms with Gasteiger partial charge >= 0.3 is 6.03 Å². The normalized spacial score (nSPS) is 11.0. The van der Waals surface area contributed by atoms with Crippen LogP contribution in [0.15, 0.2) is 24.3 Å². The van der Waals surface area contributed by atoms with Gasteiger partial charge in [-0.15, -0.1) is 0 Å². The monoisotopic (exact) mass is 282 g/mol. The molecule has 0 spiro atoms. The average molecular weight is 282 g/mol. The lowest BCUT2D eigenvalue weighted by molar-refractivity contribution is 0.0507. The Morgan fingerprint density at radius 3 is 1.95 bits per heavy atom. The minimum atomic E-state index is -1.48. The molecule has 7 heteroatoms. The maximum absolute atomic E-state index is 11.7. The number of benzene rings is 1. The first-order valence-corrected chi connectivity index (χ1v) is 5.99. The van der Waals surface area contributed by atoms with E-state index in [4.69, 9.17) is 15.3 Å². The van der Waals surface area contributed by atoms with Crippen molar-refractivity contribution in [2.75, 3.05) is 25.1 Å². The number of carbonyl (C=O) groups excluding carboxylic acids is 2. The van der Waals surface area contributed by atoms with Gasteiger partial charge in [-0.1, -0.05) is 0 Å². The molecule has 7 nitrogen and oxygen atoms in total. The van der Waals surface area contributed by atoms with E-state index in [1.165, 1.54) is 6.92 Å². The predicted octanol–water partition coefficient (Wildman–Crippen LogP) is -0.274. The number of rotatable bonds is 6. The Morgan fingerprint density at radius 1 is 1.05 bits per heavy atom. The summed E-state index contributed by atoms with van der Waals surface area (Å²) in [4.78, 5) is 22.8. The molecule has 1 rings (SSSR count). The SMILES string of the molecule is CC(=O)c1ccc(NC(=O)NC(CO)(CO)CO)cc1. The molecule has 0 aromatic heterocycles. The highest BCUT2D eigenvalue weighted by molar-refractivity contribution is 5.95. The molecule has 0 heterocycles. The Balaban J connectivity index is 2.68. The molecule has 110 valence electrons. The Labute approximate surface area is 116 Å². The number of amides is 2. The number of nitrogens with one attached hydrogen (secondary N) is 2. The van der Waals surface area contributed by atoms with Crippen molar-refractivity contribution in [3.63, 3.8) is 0 Å². The van der Waals surface area contributed by atoms with E-state index in [1.54, 1.807) is 24.3 Å². The molecule has 0 saturated heterocycles. The Morgan fingerprint density at radius 2 is 1.55 bits per heavy atom. The summed E-state index contributed by atoms with van der Waals surface area (Å²) in [5, 5.41) is 32.0. The summed E-state index contributed by atoms with van der Waals surface area (Å²) in [6.07, 6.45) is 0. The zero-order valence-corrected chi connectivity index (χ0v) is 11.1. The smallest absolute Gasteiger partial charge is 0.319 e. The van der Waals surface area contributed by atoms with E-state index >= 15 is 0 Å². The fourth-order valence-electron chi connectivity index (χ4n) is 1.46. The topological polar surface area (TPSA) is 119 Å². The van der Waals surface area contributed by atoms with Crippen LogP contribution in [0.4, 0.5) is 10.5 Å². The van der Waals surface area contributed by atoms with Gasteiger partial charge in [0, 0.05) is 11.3 Å². The quantitative estimate of drug-likeness (QED) is 0.460. The van der Waals surface area contributed by atoms with Crippen LogP contribution in [0.5, 0.6) is 0 Å². The first-order valence-electron chi connectivity index (χ1n) is 5.99. The van der Waals surface area contributed by atoms with Crippen molar-refractivity contribution < 1.29 is 24.9 Å². The Bertz CT molecular complexity index is 460. The number of hydrogen-bond donors (Lipinski definition) is 5. The molecule has 0 fully saturated rings. The molecule has 1 aromatic carbocycles. The van der Waals surface area contributed by atoms with Crippen LogP contribution >= 0.6 is 0 Å². The molecule has 0 aliphatic heterocycles. The molecule has 0 aliphatic carbocycles. The lowest BCUT2D eigenvalue weighted by Crippen LogP contribution is -2.58. The highest BCUT2D eigenvalue weighted by Crippen LogP contribution is 2.10. The zero-order valence-electron chi connectivity index (χ0n) is 11.1. The third-order valence-corrected chi connectivity index (χ3v) is 2.84. The second-order valence-corrected chi connectivity index (χ2v) is 4.47. The Hall–Kier alpha value is -1.96. The van der Waals surface area contributed by atoms with E-state index in [1.807, 2.05) is 0 Å². The number of hydrogen-bond acceptors (Lipinski definition) is 5. The number of urea groups is 1. The molecule has 0 saturated carbocycles. The summed E-state index contributed by atoms with van der Waals surface area (Å²) >= 11 is 0. The highest BCUT2D eigenvalue weighted by Gasteiger charge is 2.29. The summed E-state index contributed by atoms with van der Waals surface area (Å²) in [6, 6.07) is 5.55. The van der Waals surface area contributed by atoms with E-state index in [0.717, 1.165) is 0 Å². The van der Waals surface area contributed by atoms with Crippen molar-refractivity contribution in [3.05, 3.63) is 29.8 Å². The van der Waals surface area contributed by atoms with Crippen LogP contribution in [0.1, 0.15) is 17.3 Å². The third kappa shape index (κ3) is 4.02. The van der Waals surface area contributed by atoms with Crippen molar-refractivity contribution in [2.45, 2.75) is 12.5 Å². The first kappa shape index (κ1) is 16.1. The first-order chi connectivity index (χ1) is 9.46. The fraction of sp³-hybridized carbons (Fsp3) is 0.385. The van der Waals surface area contributed by atoms with Gasteiger partial charge in [0.05, 0.1) is 19.8 Å². The van der Waals surface area contributed by atoms with Crippen molar-refractivity contribution in [1.82, 2.24) is 5.32 Å². The van der Waals surface area contributed by atoms with Gasteiger partial charge in [0.1, 0.15) is 5.54 Å². The summed E-state index contributed by atoms with van der Waals surface area (Å²) in [7, 11) is 0. The van der Waals surface area contributed by atoms with Crippen LogP contribution in [-0.4, -0.2) is 52.5 Å². The minimum absolute atomic E-state index is 0.0825. The van der Waals surface area contributed by atoms with Gasteiger partial charge in [-0.3, -0.25) is 4.79 Å². The van der Waals surface area contributed by atoms with E-state index < -0.39 is 31.4 Å². The molecule has 5 N–H and O–H groups in total. The van der Waals surface area contributed by atoms with Crippen molar-refractivity contribution in [1.29, 1.82) is 0 Å². The average Bonchev–Trinajstić information content (AvgIpc) is 2.45. The van der Waals surface area contributed by atoms with Crippen LogP contribution in [0.25, 0.3) is 0 Å². The number of ketones is 1. The molecule has 0 aliphatic rings. The van der Waals surface area contributed by atoms with Crippen LogP contribution in [0.3, 0.4) is 0 Å². The lowest BCUT2D eigenvalue weighted by atomic mass is 10.0. The van der Waals surface area contributed by atoms with E-state index in [-0.39, 0.29) is 5.78 Å². The second kappa shape index (κ2) is 6.99. The molecule has 0 bridgehead atoms. The van der Waals surface area contributed by atoms with Crippen LogP contribution in [-0.2, 0) is 0 Å². The van der Waals surface area contributed by atoms with Gasteiger partial charge < -0.3 is 26.0 Å². The van der Waals surface area contributed by atoms with Crippen LogP contribution < -0.4 is 10.6 Å². The number of anilines is 1. The van der Waals surface area contributed by atoms with Crippen molar-refractivity contribution in [3.8, 4) is 0 Å². The number of carbonyl (C=O) groups is 2. The second-order valence-electron chi connectivity index (χ2n) is 4.47. The molecular formula is C13H18N2O5. The molecule has 1 aromatic rings.